The minimum absolute atomic E-state index is 0.341. The van der Waals surface area contributed by atoms with E-state index in [-0.39, 0.29) is 5.75 Å². The molecule has 0 aliphatic heterocycles. The molecule has 7 rings (SSSR count). The molecule has 7 aromatic carbocycles. The van der Waals surface area contributed by atoms with E-state index in [9.17, 15) is 13.2 Å². The lowest BCUT2D eigenvalue weighted by Gasteiger charge is -2.27. The number of hydrogen-bond acceptors (Lipinski definition) is 4. The Morgan fingerprint density at radius 2 is 1.00 bits per heavy atom. The average molecular weight is 691 g/mol. The maximum Gasteiger partial charge on any atom is 0.573 e. The highest BCUT2D eigenvalue weighted by Crippen LogP contribution is 2.58. The van der Waals surface area contributed by atoms with Gasteiger partial charge in [0.15, 0.2) is 0 Å². The van der Waals surface area contributed by atoms with Gasteiger partial charge in [0.1, 0.15) is 23.0 Å². The molecule has 250 valence electrons. The van der Waals surface area contributed by atoms with Crippen LogP contribution in [0, 0.1) is 0 Å². The summed E-state index contributed by atoms with van der Waals surface area (Å²) in [5.41, 5.74) is 5.61. The van der Waals surface area contributed by atoms with Gasteiger partial charge in [0, 0.05) is 27.3 Å². The maximum atomic E-state index is 13.2. The summed E-state index contributed by atoms with van der Waals surface area (Å²) in [6, 6.07) is 39.2. The fourth-order valence-corrected chi connectivity index (χ4v) is 6.94. The van der Waals surface area contributed by atoms with E-state index in [4.69, 9.17) is 25.8 Å². The molecular formula is C42H30ClF3O4. The Morgan fingerprint density at radius 3 is 1.62 bits per heavy atom. The van der Waals surface area contributed by atoms with Crippen molar-refractivity contribution in [2.24, 2.45) is 0 Å². The van der Waals surface area contributed by atoms with Crippen LogP contribution in [0.4, 0.5) is 13.2 Å². The Balaban J connectivity index is 1.71. The fourth-order valence-electron chi connectivity index (χ4n) is 6.68. The van der Waals surface area contributed by atoms with Gasteiger partial charge in [-0.25, -0.2) is 0 Å². The van der Waals surface area contributed by atoms with Crippen LogP contribution in [-0.4, -0.2) is 27.7 Å². The summed E-state index contributed by atoms with van der Waals surface area (Å²) in [6.45, 7) is 0. The largest absolute Gasteiger partial charge is 0.573 e. The van der Waals surface area contributed by atoms with E-state index in [0.29, 0.717) is 50.1 Å². The first-order valence-corrected chi connectivity index (χ1v) is 16.1. The van der Waals surface area contributed by atoms with Crippen molar-refractivity contribution in [3.63, 3.8) is 0 Å². The molecule has 0 aliphatic carbocycles. The van der Waals surface area contributed by atoms with E-state index in [0.717, 1.165) is 38.2 Å². The van der Waals surface area contributed by atoms with Crippen LogP contribution in [0.15, 0.2) is 127 Å². The topological polar surface area (TPSA) is 36.9 Å². The Labute approximate surface area is 292 Å². The smallest absolute Gasteiger partial charge is 0.497 e. The molecule has 8 heteroatoms. The predicted molar refractivity (Wildman–Crippen MR) is 195 cm³/mol. The van der Waals surface area contributed by atoms with Gasteiger partial charge >= 0.3 is 6.36 Å². The van der Waals surface area contributed by atoms with Gasteiger partial charge in [-0.3, -0.25) is 0 Å². The molecule has 4 nitrogen and oxygen atoms in total. The molecule has 0 heterocycles. The number of fused-ring (bicyclic) bond motifs is 2. The quantitative estimate of drug-likeness (QED) is 0.159. The third-order valence-corrected chi connectivity index (χ3v) is 9.07. The monoisotopic (exact) mass is 690 g/mol. The van der Waals surface area contributed by atoms with Crippen molar-refractivity contribution in [1.29, 1.82) is 0 Å². The fraction of sp³-hybridized carbons (Fsp3) is 0.0952. The van der Waals surface area contributed by atoms with Crippen molar-refractivity contribution in [3.8, 4) is 67.5 Å². The van der Waals surface area contributed by atoms with Gasteiger partial charge in [-0.05, 0) is 68.6 Å². The van der Waals surface area contributed by atoms with E-state index in [1.807, 2.05) is 103 Å². The van der Waals surface area contributed by atoms with Gasteiger partial charge in [-0.15, -0.1) is 13.2 Å². The van der Waals surface area contributed by atoms with Crippen molar-refractivity contribution in [3.05, 3.63) is 132 Å². The van der Waals surface area contributed by atoms with Gasteiger partial charge in [-0.1, -0.05) is 109 Å². The Kier molecular flexibility index (Phi) is 8.76. The average Bonchev–Trinajstić information content (AvgIpc) is 3.13. The summed E-state index contributed by atoms with van der Waals surface area (Å²) in [5.74, 6) is 1.29. The predicted octanol–water partition coefficient (Wildman–Crippen LogP) is 12.2. The summed E-state index contributed by atoms with van der Waals surface area (Å²) in [5, 5.41) is 4.31. The van der Waals surface area contributed by atoms with Crippen molar-refractivity contribution in [1.82, 2.24) is 0 Å². The van der Waals surface area contributed by atoms with Gasteiger partial charge in [0.2, 0.25) is 0 Å². The zero-order valence-electron chi connectivity index (χ0n) is 27.3. The van der Waals surface area contributed by atoms with Crippen LogP contribution in [-0.2, 0) is 0 Å². The Bertz CT molecular complexity index is 2350. The molecule has 0 saturated carbocycles. The zero-order chi connectivity index (χ0) is 35.0. The summed E-state index contributed by atoms with van der Waals surface area (Å²) >= 11 is 7.19. The molecule has 0 aromatic heterocycles. The molecule has 0 N–H and O–H groups in total. The van der Waals surface area contributed by atoms with Crippen LogP contribution in [0.1, 0.15) is 0 Å². The molecule has 0 spiro atoms. The molecule has 0 bridgehead atoms. The first-order chi connectivity index (χ1) is 24.2. The second-order valence-electron chi connectivity index (χ2n) is 11.5. The lowest BCUT2D eigenvalue weighted by molar-refractivity contribution is -0.274. The van der Waals surface area contributed by atoms with Crippen LogP contribution in [0.2, 0.25) is 5.02 Å². The van der Waals surface area contributed by atoms with Crippen molar-refractivity contribution in [2.75, 3.05) is 21.3 Å². The van der Waals surface area contributed by atoms with Gasteiger partial charge in [0.25, 0.3) is 0 Å². The summed E-state index contributed by atoms with van der Waals surface area (Å²) < 4.78 is 62.2. The molecular weight excluding hydrogens is 661 g/mol. The van der Waals surface area contributed by atoms with E-state index in [1.54, 1.807) is 33.5 Å². The number of alkyl halides is 3. The van der Waals surface area contributed by atoms with Crippen LogP contribution in [0.3, 0.4) is 0 Å². The van der Waals surface area contributed by atoms with Crippen molar-refractivity contribution >= 4 is 33.1 Å². The van der Waals surface area contributed by atoms with Crippen molar-refractivity contribution < 1.29 is 32.1 Å². The van der Waals surface area contributed by atoms with Gasteiger partial charge < -0.3 is 18.9 Å². The van der Waals surface area contributed by atoms with Gasteiger partial charge in [-0.2, -0.15) is 0 Å². The number of hydrogen-bond donors (Lipinski definition) is 0. The molecule has 50 heavy (non-hydrogen) atoms. The van der Waals surface area contributed by atoms with Crippen molar-refractivity contribution in [2.45, 2.75) is 6.36 Å². The minimum atomic E-state index is -4.84. The number of halogens is 4. The van der Waals surface area contributed by atoms with E-state index in [1.165, 1.54) is 12.1 Å². The summed E-state index contributed by atoms with van der Waals surface area (Å²) in [7, 11) is 4.79. The third kappa shape index (κ3) is 5.94. The molecule has 0 aliphatic rings. The first kappa shape index (κ1) is 32.9. The molecule has 0 amide bonds. The standard InChI is InChI=1S/C42H30ClF3O4/c1-47-29-20-15-27(16-21-29)35-36(28-17-22-30(23-18-28)50-42(44,45)46)40(48-2)38(33-14-8-11-25-9-4-6-12-31(25)33)41(49-3)39(35)37-32-13-7-5-10-26(32)19-24-34(37)43/h4-24H,1-3H3. The number of ether oxygens (including phenoxy) is 4. The van der Waals surface area contributed by atoms with E-state index < -0.39 is 6.36 Å². The molecule has 0 atom stereocenters. The van der Waals surface area contributed by atoms with E-state index in [2.05, 4.69) is 4.74 Å². The second kappa shape index (κ2) is 13.3. The highest BCUT2D eigenvalue weighted by molar-refractivity contribution is 6.36. The molecule has 0 unspecified atom stereocenters. The molecule has 0 fully saturated rings. The van der Waals surface area contributed by atoms with Crippen LogP contribution < -0.4 is 18.9 Å². The van der Waals surface area contributed by atoms with Crippen LogP contribution >= 0.6 is 11.6 Å². The molecule has 0 radical (unpaired) electrons. The van der Waals surface area contributed by atoms with Crippen LogP contribution in [0.5, 0.6) is 23.0 Å². The summed E-state index contributed by atoms with van der Waals surface area (Å²) in [6.07, 6.45) is -4.84. The Hall–Kier alpha value is -5.66. The normalized spacial score (nSPS) is 11.5. The number of methoxy groups -OCH3 is 3. The first-order valence-electron chi connectivity index (χ1n) is 15.7. The minimum Gasteiger partial charge on any atom is -0.497 e. The lowest BCUT2D eigenvalue weighted by atomic mass is 9.81. The molecule has 0 saturated heterocycles. The molecule has 7 aromatic rings. The highest BCUT2D eigenvalue weighted by atomic mass is 35.5. The zero-order valence-corrected chi connectivity index (χ0v) is 28.0. The third-order valence-electron chi connectivity index (χ3n) is 8.76. The number of benzene rings is 7. The Morgan fingerprint density at radius 1 is 0.460 bits per heavy atom. The number of rotatable bonds is 8. The van der Waals surface area contributed by atoms with Gasteiger partial charge in [0.05, 0.1) is 26.9 Å². The lowest BCUT2D eigenvalue weighted by Crippen LogP contribution is -2.16. The SMILES string of the molecule is COc1ccc(-c2c(-c3ccc(OC(F)(F)F)cc3)c(OC)c(-c3cccc4ccccc34)c(OC)c2-c2c(Cl)ccc3ccccc23)cc1. The summed E-state index contributed by atoms with van der Waals surface area (Å²) in [4.78, 5) is 0. The van der Waals surface area contributed by atoms with Crippen LogP contribution in [0.25, 0.3) is 66.1 Å². The maximum absolute atomic E-state index is 13.2. The highest BCUT2D eigenvalue weighted by Gasteiger charge is 2.33. The second-order valence-corrected chi connectivity index (χ2v) is 11.9. The van der Waals surface area contributed by atoms with E-state index >= 15 is 0 Å².